The van der Waals surface area contributed by atoms with E-state index < -0.39 is 29.7 Å². The number of carbonyl (C=O) groups excluding carboxylic acids is 5. The van der Waals surface area contributed by atoms with Gasteiger partial charge in [0, 0.05) is 20.0 Å². The molecule has 1 atom stereocenters. The number of rotatable bonds is 16. The first-order valence-corrected chi connectivity index (χ1v) is 15.1. The van der Waals surface area contributed by atoms with E-state index in [2.05, 4.69) is 21.4 Å². The van der Waals surface area contributed by atoms with Gasteiger partial charge in [-0.05, 0) is 49.1 Å². The lowest BCUT2D eigenvalue weighted by Gasteiger charge is -2.19. The van der Waals surface area contributed by atoms with Crippen LogP contribution in [0.5, 0.6) is 0 Å². The third-order valence-corrected chi connectivity index (χ3v) is 6.48. The number of nitrogens with two attached hydrogens (primary N) is 1. The number of hydrogen-bond donors (Lipinski definition) is 5. The fourth-order valence-corrected chi connectivity index (χ4v) is 3.94. The van der Waals surface area contributed by atoms with Crippen LogP contribution < -0.4 is 32.1 Å². The molecule has 12 heteroatoms. The molecule has 0 heterocycles. The summed E-state index contributed by atoms with van der Waals surface area (Å²) in [6.45, 7) is 2.14. The molecule has 0 aliphatic heterocycles. The summed E-state index contributed by atoms with van der Waals surface area (Å²) in [6, 6.07) is 27.0. The smallest absolute Gasteiger partial charge is 0.407 e. The van der Waals surface area contributed by atoms with E-state index in [1.165, 1.54) is 0 Å². The fraction of sp³-hybridized carbons (Fsp3) is 0.324. The van der Waals surface area contributed by atoms with Crippen molar-refractivity contribution < 1.29 is 28.7 Å². The van der Waals surface area contributed by atoms with Crippen molar-refractivity contribution in [3.63, 3.8) is 0 Å². The molecule has 0 aromatic heterocycles. The molecule has 0 aliphatic rings. The standard InChI is InChI=1S/C24H30N4O5.C10H14N2O/c25-14-8-7-13-20(22(30)23(31)26-15-18-9-3-1-4-10-18)28-21(29)16-27-24(32)33-17-19-11-5-2-6-12-19;1-3-10(13)11-12(2)9-7-5-4-6-8-9/h1-6,9-12,20H,7-8,13-17,25H2,(H,26,31)(H,27,32)(H,28,29);4-8H,3H2,1-2H3,(H,11,13)/t20-;/m0./s1. The number of ketones is 1. The highest BCUT2D eigenvalue weighted by molar-refractivity contribution is 6.38. The number of carbonyl (C=O) groups is 5. The Balaban J connectivity index is 0.000000471. The summed E-state index contributed by atoms with van der Waals surface area (Å²) in [6.07, 6.45) is 1.21. The van der Waals surface area contributed by atoms with Crippen LogP contribution in [-0.2, 0) is 37.1 Å². The topological polar surface area (TPSA) is 172 Å². The van der Waals surface area contributed by atoms with E-state index in [0.717, 1.165) is 16.8 Å². The average Bonchev–Trinajstić information content (AvgIpc) is 3.09. The number of ether oxygens (including phenoxy) is 1. The van der Waals surface area contributed by atoms with E-state index in [1.807, 2.05) is 92.8 Å². The molecule has 6 N–H and O–H groups in total. The van der Waals surface area contributed by atoms with E-state index in [0.29, 0.717) is 25.8 Å². The molecule has 246 valence electrons. The molecule has 0 unspecified atom stereocenters. The SMILES string of the molecule is CCC(=O)NN(C)c1ccccc1.NCCCC[C@H](NC(=O)CNC(=O)OCc1ccccc1)C(=O)C(=O)NCc1ccccc1. The fourth-order valence-electron chi connectivity index (χ4n) is 3.94. The van der Waals surface area contributed by atoms with Crippen molar-refractivity contribution in [3.8, 4) is 0 Å². The van der Waals surface area contributed by atoms with E-state index in [4.69, 9.17) is 10.5 Å². The van der Waals surface area contributed by atoms with Gasteiger partial charge < -0.3 is 26.4 Å². The van der Waals surface area contributed by atoms with Crippen LogP contribution in [0.4, 0.5) is 10.5 Å². The molecule has 0 saturated carbocycles. The van der Waals surface area contributed by atoms with Crippen molar-refractivity contribution in [3.05, 3.63) is 102 Å². The highest BCUT2D eigenvalue weighted by Crippen LogP contribution is 2.08. The number of unbranched alkanes of at least 4 members (excludes halogenated alkanes) is 1. The van der Waals surface area contributed by atoms with E-state index in [-0.39, 0.29) is 32.0 Å². The Hall–Kier alpha value is -5.23. The third-order valence-electron chi connectivity index (χ3n) is 6.48. The number of para-hydroxylation sites is 1. The van der Waals surface area contributed by atoms with Crippen molar-refractivity contribution in [2.45, 2.75) is 51.8 Å². The molecule has 3 aromatic rings. The van der Waals surface area contributed by atoms with Crippen molar-refractivity contribution in [2.75, 3.05) is 25.1 Å². The molecule has 4 amide bonds. The van der Waals surface area contributed by atoms with Gasteiger partial charge in [0.25, 0.3) is 5.91 Å². The summed E-state index contributed by atoms with van der Waals surface area (Å²) in [4.78, 5) is 60.1. The molecular weight excluding hydrogens is 588 g/mol. The number of nitrogens with zero attached hydrogens (tertiary/aromatic N) is 1. The number of benzene rings is 3. The van der Waals surface area contributed by atoms with Crippen LogP contribution in [0.3, 0.4) is 0 Å². The monoisotopic (exact) mass is 632 g/mol. The van der Waals surface area contributed by atoms with Crippen LogP contribution in [0.2, 0.25) is 0 Å². The minimum absolute atomic E-state index is 0.0198. The number of alkyl carbamates (subject to hydrolysis) is 1. The zero-order valence-corrected chi connectivity index (χ0v) is 26.4. The molecule has 0 radical (unpaired) electrons. The van der Waals surface area contributed by atoms with Crippen molar-refractivity contribution in [1.82, 2.24) is 21.4 Å². The molecule has 12 nitrogen and oxygen atoms in total. The first-order valence-electron chi connectivity index (χ1n) is 15.1. The summed E-state index contributed by atoms with van der Waals surface area (Å²) in [5.74, 6) is -2.12. The highest BCUT2D eigenvalue weighted by Gasteiger charge is 2.26. The lowest BCUT2D eigenvalue weighted by molar-refractivity contribution is -0.140. The number of amides is 4. The second-order valence-corrected chi connectivity index (χ2v) is 10.1. The minimum atomic E-state index is -1.01. The van der Waals surface area contributed by atoms with Crippen LogP contribution in [0.15, 0.2) is 91.0 Å². The second kappa shape index (κ2) is 21.5. The molecule has 0 fully saturated rings. The van der Waals surface area contributed by atoms with Crippen molar-refractivity contribution in [2.24, 2.45) is 5.73 Å². The maximum absolute atomic E-state index is 12.6. The normalized spacial score (nSPS) is 10.7. The van der Waals surface area contributed by atoms with Gasteiger partial charge in [-0.1, -0.05) is 85.8 Å². The number of hydrogen-bond acceptors (Lipinski definition) is 8. The molecule has 3 aromatic carbocycles. The zero-order chi connectivity index (χ0) is 33.6. The van der Waals surface area contributed by atoms with Gasteiger partial charge in [-0.2, -0.15) is 0 Å². The summed E-state index contributed by atoms with van der Waals surface area (Å²) in [5.41, 5.74) is 10.9. The Morgan fingerprint density at radius 1 is 0.783 bits per heavy atom. The molecule has 46 heavy (non-hydrogen) atoms. The van der Waals surface area contributed by atoms with Crippen LogP contribution >= 0.6 is 0 Å². The van der Waals surface area contributed by atoms with Gasteiger partial charge in [-0.3, -0.25) is 29.6 Å². The summed E-state index contributed by atoms with van der Waals surface area (Å²) in [5, 5.41) is 9.14. The number of hydrazine groups is 1. The van der Waals surface area contributed by atoms with Crippen LogP contribution in [0, 0.1) is 0 Å². The number of anilines is 1. The van der Waals surface area contributed by atoms with E-state index >= 15 is 0 Å². The Kier molecular flexibility index (Phi) is 17.2. The quantitative estimate of drug-likeness (QED) is 0.0911. The maximum atomic E-state index is 12.6. The highest BCUT2D eigenvalue weighted by atomic mass is 16.5. The predicted octanol–water partition coefficient (Wildman–Crippen LogP) is 2.98. The van der Waals surface area contributed by atoms with Crippen molar-refractivity contribution in [1.29, 1.82) is 0 Å². The van der Waals surface area contributed by atoms with Crippen molar-refractivity contribution >= 4 is 35.3 Å². The summed E-state index contributed by atoms with van der Waals surface area (Å²) < 4.78 is 5.05. The van der Waals surface area contributed by atoms with E-state index in [9.17, 15) is 24.0 Å². The lowest BCUT2D eigenvalue weighted by Crippen LogP contribution is -2.49. The molecule has 0 aliphatic carbocycles. The van der Waals surface area contributed by atoms with Crippen LogP contribution in [-0.4, -0.2) is 55.8 Å². The zero-order valence-electron chi connectivity index (χ0n) is 26.4. The van der Waals surface area contributed by atoms with Gasteiger partial charge in [0.1, 0.15) is 13.2 Å². The van der Waals surface area contributed by atoms with Gasteiger partial charge in [0.15, 0.2) is 0 Å². The maximum Gasteiger partial charge on any atom is 0.407 e. The minimum Gasteiger partial charge on any atom is -0.445 e. The van der Waals surface area contributed by atoms with Gasteiger partial charge in [0.2, 0.25) is 17.6 Å². The first-order chi connectivity index (χ1) is 22.2. The largest absolute Gasteiger partial charge is 0.445 e. The number of Topliss-reactive ketones (excluding diaryl/α,β-unsaturated/α-hetero) is 1. The Bertz CT molecular complexity index is 1360. The Labute approximate surface area is 270 Å². The third kappa shape index (κ3) is 15.0. The van der Waals surface area contributed by atoms with Crippen LogP contribution in [0.1, 0.15) is 43.7 Å². The predicted molar refractivity (Wildman–Crippen MR) is 176 cm³/mol. The first kappa shape index (κ1) is 37.0. The summed E-state index contributed by atoms with van der Waals surface area (Å²) >= 11 is 0. The number of nitrogens with one attached hydrogen (secondary N) is 4. The van der Waals surface area contributed by atoms with Crippen LogP contribution in [0.25, 0.3) is 0 Å². The average molecular weight is 633 g/mol. The summed E-state index contributed by atoms with van der Waals surface area (Å²) in [7, 11) is 1.82. The molecule has 0 saturated heterocycles. The van der Waals surface area contributed by atoms with E-state index in [1.54, 1.807) is 17.1 Å². The molecule has 0 bridgehead atoms. The lowest BCUT2D eigenvalue weighted by atomic mass is 10.0. The van der Waals surface area contributed by atoms with Gasteiger partial charge in [0.05, 0.1) is 11.7 Å². The molecule has 0 spiro atoms. The molecular formula is C34H44N6O6. The van der Waals surface area contributed by atoms with Gasteiger partial charge in [-0.25, -0.2) is 4.79 Å². The Morgan fingerprint density at radius 2 is 1.37 bits per heavy atom. The Morgan fingerprint density at radius 3 is 1.96 bits per heavy atom. The van der Waals surface area contributed by atoms with Gasteiger partial charge >= 0.3 is 6.09 Å². The molecule has 3 rings (SSSR count). The second-order valence-electron chi connectivity index (χ2n) is 10.1. The van der Waals surface area contributed by atoms with Gasteiger partial charge in [-0.15, -0.1) is 0 Å².